The van der Waals surface area contributed by atoms with Crippen molar-refractivity contribution in [3.05, 3.63) is 24.2 Å². The number of likely N-dealkylation sites (N-methyl/N-ethyl adjacent to an activating group) is 1. The first-order chi connectivity index (χ1) is 7.19. The normalized spacial score (nSPS) is 12.5. The van der Waals surface area contributed by atoms with Crippen molar-refractivity contribution in [1.82, 2.24) is 4.90 Å². The zero-order chi connectivity index (χ0) is 11.3. The molecule has 0 bridgehead atoms. The molecular formula is C11H18N2O2. The van der Waals surface area contributed by atoms with Crippen LogP contribution in [0.2, 0.25) is 0 Å². The summed E-state index contributed by atoms with van der Waals surface area (Å²) in [5.41, 5.74) is 5.70. The predicted molar refractivity (Wildman–Crippen MR) is 58.1 cm³/mol. The summed E-state index contributed by atoms with van der Waals surface area (Å²) < 4.78 is 5.19. The Morgan fingerprint density at radius 2 is 2.33 bits per heavy atom. The molecule has 1 aromatic rings. The molecular weight excluding hydrogens is 192 g/mol. The lowest BCUT2D eigenvalue weighted by atomic mass is 10.2. The van der Waals surface area contributed by atoms with Crippen molar-refractivity contribution >= 4 is 5.91 Å². The molecule has 0 aliphatic rings. The Kier molecular flexibility index (Phi) is 4.37. The highest BCUT2D eigenvalue weighted by Gasteiger charge is 2.18. The first kappa shape index (κ1) is 11.8. The second-order valence-corrected chi connectivity index (χ2v) is 3.45. The average Bonchev–Trinajstić information content (AvgIpc) is 2.76. The first-order valence-corrected chi connectivity index (χ1v) is 5.25. The van der Waals surface area contributed by atoms with Gasteiger partial charge in [-0.25, -0.2) is 0 Å². The van der Waals surface area contributed by atoms with Crippen LogP contribution < -0.4 is 5.73 Å². The molecule has 0 fully saturated rings. The summed E-state index contributed by atoms with van der Waals surface area (Å²) in [6, 6.07) is 3.26. The maximum Gasteiger partial charge on any atom is 0.239 e. The molecule has 0 radical (unpaired) electrons. The Labute approximate surface area is 90.0 Å². The van der Waals surface area contributed by atoms with Crippen LogP contribution in [0.25, 0.3) is 0 Å². The maximum absolute atomic E-state index is 11.8. The van der Waals surface area contributed by atoms with Gasteiger partial charge >= 0.3 is 0 Å². The van der Waals surface area contributed by atoms with Crippen LogP contribution in [0.3, 0.4) is 0 Å². The van der Waals surface area contributed by atoms with Gasteiger partial charge in [0.2, 0.25) is 5.91 Å². The molecule has 1 atom stereocenters. The highest BCUT2D eigenvalue weighted by molar-refractivity contribution is 5.81. The number of carbonyl (C=O) groups excluding carboxylic acids is 1. The summed E-state index contributed by atoms with van der Waals surface area (Å²) in [6.45, 7) is 4.98. The Morgan fingerprint density at radius 3 is 2.80 bits per heavy atom. The summed E-state index contributed by atoms with van der Waals surface area (Å²) in [4.78, 5) is 13.5. The number of furan rings is 1. The van der Waals surface area contributed by atoms with Crippen LogP contribution in [0.4, 0.5) is 0 Å². The molecule has 0 saturated heterocycles. The van der Waals surface area contributed by atoms with Gasteiger partial charge < -0.3 is 15.1 Å². The van der Waals surface area contributed by atoms with Crippen LogP contribution in [0.15, 0.2) is 22.8 Å². The van der Waals surface area contributed by atoms with Crippen molar-refractivity contribution in [1.29, 1.82) is 0 Å². The summed E-state index contributed by atoms with van der Waals surface area (Å²) in [6.07, 6.45) is 2.26. The number of nitrogens with two attached hydrogens (primary N) is 1. The van der Waals surface area contributed by atoms with Crippen LogP contribution in [0.1, 0.15) is 26.0 Å². The van der Waals surface area contributed by atoms with Crippen LogP contribution >= 0.6 is 0 Å². The molecule has 0 aromatic carbocycles. The van der Waals surface area contributed by atoms with E-state index in [1.54, 1.807) is 11.2 Å². The lowest BCUT2D eigenvalue weighted by Gasteiger charge is -2.22. The van der Waals surface area contributed by atoms with Crippen LogP contribution in [-0.4, -0.2) is 23.4 Å². The standard InChI is InChI=1S/C11H18N2O2/c1-3-10(12)11(14)13(4-2)8-9-6-5-7-15-9/h5-7,10H,3-4,8,12H2,1-2H3/t10-/m1/s1. The molecule has 0 aliphatic heterocycles. The zero-order valence-corrected chi connectivity index (χ0v) is 9.27. The van der Waals surface area contributed by atoms with Gasteiger partial charge in [-0.15, -0.1) is 0 Å². The monoisotopic (exact) mass is 210 g/mol. The summed E-state index contributed by atoms with van der Waals surface area (Å²) in [5.74, 6) is 0.768. The number of nitrogens with zero attached hydrogens (tertiary/aromatic N) is 1. The van der Waals surface area contributed by atoms with Crippen molar-refractivity contribution in [2.45, 2.75) is 32.9 Å². The molecule has 1 amide bonds. The van der Waals surface area contributed by atoms with E-state index < -0.39 is 6.04 Å². The molecule has 0 aliphatic carbocycles. The molecule has 2 N–H and O–H groups in total. The van der Waals surface area contributed by atoms with E-state index >= 15 is 0 Å². The highest BCUT2D eigenvalue weighted by atomic mass is 16.3. The summed E-state index contributed by atoms with van der Waals surface area (Å²) in [7, 11) is 0. The predicted octanol–water partition coefficient (Wildman–Crippen LogP) is 1.37. The average molecular weight is 210 g/mol. The van der Waals surface area contributed by atoms with Crippen molar-refractivity contribution < 1.29 is 9.21 Å². The Balaban J connectivity index is 2.60. The van der Waals surface area contributed by atoms with Gasteiger partial charge in [-0.05, 0) is 25.5 Å². The largest absolute Gasteiger partial charge is 0.467 e. The summed E-state index contributed by atoms with van der Waals surface area (Å²) >= 11 is 0. The molecule has 15 heavy (non-hydrogen) atoms. The van der Waals surface area contributed by atoms with Crippen LogP contribution in [-0.2, 0) is 11.3 Å². The molecule has 0 spiro atoms. The van der Waals surface area contributed by atoms with Gasteiger partial charge in [0.25, 0.3) is 0 Å². The van der Waals surface area contributed by atoms with Gasteiger partial charge in [0.1, 0.15) is 5.76 Å². The van der Waals surface area contributed by atoms with E-state index in [0.29, 0.717) is 19.5 Å². The fraction of sp³-hybridized carbons (Fsp3) is 0.545. The van der Waals surface area contributed by atoms with Crippen LogP contribution in [0, 0.1) is 0 Å². The molecule has 0 saturated carbocycles. The van der Waals surface area contributed by atoms with Gasteiger partial charge in [0, 0.05) is 6.54 Å². The third-order valence-electron chi connectivity index (χ3n) is 2.38. The second kappa shape index (κ2) is 5.56. The molecule has 1 rings (SSSR count). The molecule has 84 valence electrons. The minimum absolute atomic E-state index is 0.0172. The third-order valence-corrected chi connectivity index (χ3v) is 2.38. The molecule has 1 aromatic heterocycles. The van der Waals surface area contributed by atoms with Crippen LogP contribution in [0.5, 0.6) is 0 Å². The van der Waals surface area contributed by atoms with Gasteiger partial charge in [-0.1, -0.05) is 6.92 Å². The van der Waals surface area contributed by atoms with E-state index in [1.165, 1.54) is 0 Å². The number of hydrogen-bond acceptors (Lipinski definition) is 3. The fourth-order valence-corrected chi connectivity index (χ4v) is 1.35. The lowest BCUT2D eigenvalue weighted by molar-refractivity contribution is -0.133. The fourth-order valence-electron chi connectivity index (χ4n) is 1.35. The third kappa shape index (κ3) is 3.09. The SMILES string of the molecule is CC[C@@H](N)C(=O)N(CC)Cc1ccco1. The topological polar surface area (TPSA) is 59.5 Å². The Hall–Kier alpha value is -1.29. The van der Waals surface area contributed by atoms with Crippen molar-refractivity contribution in [2.24, 2.45) is 5.73 Å². The lowest BCUT2D eigenvalue weighted by Crippen LogP contribution is -2.42. The maximum atomic E-state index is 11.8. The zero-order valence-electron chi connectivity index (χ0n) is 9.27. The first-order valence-electron chi connectivity index (χ1n) is 5.25. The molecule has 4 heteroatoms. The van der Waals surface area contributed by atoms with Gasteiger partial charge in [0.15, 0.2) is 0 Å². The van der Waals surface area contributed by atoms with E-state index in [-0.39, 0.29) is 5.91 Å². The van der Waals surface area contributed by atoms with Crippen molar-refractivity contribution in [3.8, 4) is 0 Å². The Morgan fingerprint density at radius 1 is 1.60 bits per heavy atom. The molecule has 1 heterocycles. The van der Waals surface area contributed by atoms with Gasteiger partial charge in [-0.3, -0.25) is 4.79 Å². The van der Waals surface area contributed by atoms with E-state index in [9.17, 15) is 4.79 Å². The van der Waals surface area contributed by atoms with E-state index in [2.05, 4.69) is 0 Å². The van der Waals surface area contributed by atoms with E-state index in [1.807, 2.05) is 26.0 Å². The van der Waals surface area contributed by atoms with Gasteiger partial charge in [0.05, 0.1) is 18.8 Å². The molecule has 0 unspecified atom stereocenters. The number of amides is 1. The highest BCUT2D eigenvalue weighted by Crippen LogP contribution is 2.07. The van der Waals surface area contributed by atoms with Crippen molar-refractivity contribution in [3.63, 3.8) is 0 Å². The van der Waals surface area contributed by atoms with E-state index in [4.69, 9.17) is 10.2 Å². The quantitative estimate of drug-likeness (QED) is 0.798. The smallest absolute Gasteiger partial charge is 0.239 e. The van der Waals surface area contributed by atoms with Gasteiger partial charge in [-0.2, -0.15) is 0 Å². The number of carbonyl (C=O) groups is 1. The number of rotatable bonds is 5. The number of hydrogen-bond donors (Lipinski definition) is 1. The van der Waals surface area contributed by atoms with E-state index in [0.717, 1.165) is 5.76 Å². The summed E-state index contributed by atoms with van der Waals surface area (Å²) in [5, 5.41) is 0. The van der Waals surface area contributed by atoms with Crippen molar-refractivity contribution in [2.75, 3.05) is 6.54 Å². The second-order valence-electron chi connectivity index (χ2n) is 3.45. The Bertz CT molecular complexity index is 296. The molecule has 4 nitrogen and oxygen atoms in total. The minimum Gasteiger partial charge on any atom is -0.467 e. The minimum atomic E-state index is -0.403.